The highest BCUT2D eigenvalue weighted by molar-refractivity contribution is 7.17. The molecule has 2 heterocycles. The molecule has 1 aromatic carbocycles. The minimum absolute atomic E-state index is 0.318. The number of thiazole rings is 1. The van der Waals surface area contributed by atoms with Gasteiger partial charge in [-0.05, 0) is 45.9 Å². The first kappa shape index (κ1) is 22.5. The number of benzene rings is 1. The van der Waals surface area contributed by atoms with Gasteiger partial charge in [0.15, 0.2) is 4.96 Å². The van der Waals surface area contributed by atoms with Crippen molar-refractivity contribution in [3.63, 3.8) is 0 Å². The van der Waals surface area contributed by atoms with Gasteiger partial charge in [0, 0.05) is 30.0 Å². The Labute approximate surface area is 184 Å². The number of amides is 2. The van der Waals surface area contributed by atoms with Crippen LogP contribution in [0.5, 0.6) is 0 Å². The number of carbonyl (C=O) groups is 2. The summed E-state index contributed by atoms with van der Waals surface area (Å²) in [5.41, 5.74) is 1.19. The minimum atomic E-state index is -0.616. The van der Waals surface area contributed by atoms with Crippen LogP contribution in [0.25, 0.3) is 11.0 Å². The minimum Gasteiger partial charge on any atom is -0.444 e. The molecule has 8 nitrogen and oxygen atoms in total. The Bertz CT molecular complexity index is 1060. The number of rotatable bonds is 7. The summed E-state index contributed by atoms with van der Waals surface area (Å²) in [5.74, 6) is -0.318. The number of para-hydroxylation sites is 2. The number of imidazole rings is 1. The SMILES string of the molecule is CCOCc1cn2cc(C=CC(=O)Nc3ccccc3NC(=O)OC(C)(C)C)sc2n1. The van der Waals surface area contributed by atoms with Crippen molar-refractivity contribution in [2.45, 2.75) is 39.9 Å². The summed E-state index contributed by atoms with van der Waals surface area (Å²) in [4.78, 5) is 30.7. The molecular formula is C22H26N4O4S. The predicted molar refractivity (Wildman–Crippen MR) is 122 cm³/mol. The van der Waals surface area contributed by atoms with Crippen molar-refractivity contribution < 1.29 is 19.1 Å². The van der Waals surface area contributed by atoms with E-state index in [2.05, 4.69) is 15.6 Å². The maximum Gasteiger partial charge on any atom is 0.412 e. The van der Waals surface area contributed by atoms with Gasteiger partial charge in [-0.1, -0.05) is 23.5 Å². The van der Waals surface area contributed by atoms with Crippen LogP contribution in [0, 0.1) is 0 Å². The van der Waals surface area contributed by atoms with E-state index >= 15 is 0 Å². The number of nitrogens with one attached hydrogen (secondary N) is 2. The van der Waals surface area contributed by atoms with Crippen molar-refractivity contribution >= 4 is 45.7 Å². The average molecular weight is 443 g/mol. The molecule has 0 bridgehead atoms. The third kappa shape index (κ3) is 6.66. The van der Waals surface area contributed by atoms with Crippen molar-refractivity contribution in [3.05, 3.63) is 53.3 Å². The first-order valence-electron chi connectivity index (χ1n) is 9.87. The fraction of sp³-hybridized carbons (Fsp3) is 0.318. The molecule has 0 spiro atoms. The van der Waals surface area contributed by atoms with Gasteiger partial charge < -0.3 is 14.8 Å². The molecule has 31 heavy (non-hydrogen) atoms. The van der Waals surface area contributed by atoms with E-state index in [0.29, 0.717) is 24.6 Å². The number of carbonyl (C=O) groups excluding carboxylic acids is 2. The van der Waals surface area contributed by atoms with Gasteiger partial charge >= 0.3 is 6.09 Å². The molecule has 9 heteroatoms. The van der Waals surface area contributed by atoms with Gasteiger partial charge in [0.05, 0.1) is 23.7 Å². The average Bonchev–Trinajstić information content (AvgIpc) is 3.23. The van der Waals surface area contributed by atoms with E-state index in [1.807, 2.05) is 23.7 Å². The van der Waals surface area contributed by atoms with Crippen molar-refractivity contribution in [2.24, 2.45) is 0 Å². The summed E-state index contributed by atoms with van der Waals surface area (Å²) < 4.78 is 12.5. The molecule has 0 aliphatic rings. The van der Waals surface area contributed by atoms with Crippen molar-refractivity contribution in [3.8, 4) is 0 Å². The van der Waals surface area contributed by atoms with Crippen LogP contribution in [-0.4, -0.2) is 33.6 Å². The highest BCUT2D eigenvalue weighted by Crippen LogP contribution is 2.23. The molecular weight excluding hydrogens is 416 g/mol. The zero-order chi connectivity index (χ0) is 22.4. The van der Waals surface area contributed by atoms with Crippen LogP contribution in [0.2, 0.25) is 0 Å². The summed E-state index contributed by atoms with van der Waals surface area (Å²) >= 11 is 1.47. The summed E-state index contributed by atoms with van der Waals surface area (Å²) in [5, 5.41) is 5.44. The fourth-order valence-corrected chi connectivity index (χ4v) is 3.55. The molecule has 2 N–H and O–H groups in total. The Morgan fingerprint density at radius 3 is 2.52 bits per heavy atom. The smallest absolute Gasteiger partial charge is 0.412 e. The van der Waals surface area contributed by atoms with E-state index < -0.39 is 11.7 Å². The molecule has 0 aliphatic carbocycles. The van der Waals surface area contributed by atoms with E-state index in [4.69, 9.17) is 9.47 Å². The second-order valence-corrected chi connectivity index (χ2v) is 8.73. The second-order valence-electron chi connectivity index (χ2n) is 7.69. The molecule has 0 radical (unpaired) electrons. The van der Waals surface area contributed by atoms with Gasteiger partial charge in [-0.2, -0.15) is 0 Å². The quantitative estimate of drug-likeness (QED) is 0.506. The maximum absolute atomic E-state index is 12.4. The highest BCUT2D eigenvalue weighted by atomic mass is 32.1. The molecule has 0 saturated carbocycles. The predicted octanol–water partition coefficient (Wildman–Crippen LogP) is 4.93. The van der Waals surface area contributed by atoms with Gasteiger partial charge in [-0.3, -0.25) is 14.5 Å². The third-order valence-electron chi connectivity index (χ3n) is 3.90. The summed E-state index contributed by atoms with van der Waals surface area (Å²) in [7, 11) is 0. The molecule has 164 valence electrons. The molecule has 0 fully saturated rings. The monoisotopic (exact) mass is 442 g/mol. The largest absolute Gasteiger partial charge is 0.444 e. The van der Waals surface area contributed by atoms with Crippen molar-refractivity contribution in [1.29, 1.82) is 0 Å². The zero-order valence-electron chi connectivity index (χ0n) is 18.0. The zero-order valence-corrected chi connectivity index (χ0v) is 18.8. The number of nitrogens with zero attached hydrogens (tertiary/aromatic N) is 2. The van der Waals surface area contributed by atoms with Crippen LogP contribution in [-0.2, 0) is 20.9 Å². The van der Waals surface area contributed by atoms with Crippen LogP contribution < -0.4 is 10.6 Å². The van der Waals surface area contributed by atoms with Crippen LogP contribution >= 0.6 is 11.3 Å². The van der Waals surface area contributed by atoms with E-state index in [1.165, 1.54) is 17.4 Å². The van der Waals surface area contributed by atoms with Crippen molar-refractivity contribution in [1.82, 2.24) is 9.38 Å². The van der Waals surface area contributed by atoms with Crippen LogP contribution in [0.1, 0.15) is 38.3 Å². The topological polar surface area (TPSA) is 94.0 Å². The summed E-state index contributed by atoms with van der Waals surface area (Å²) in [6.07, 6.45) is 6.40. The molecule has 3 aromatic rings. The van der Waals surface area contributed by atoms with Crippen LogP contribution in [0.3, 0.4) is 0 Å². The first-order valence-corrected chi connectivity index (χ1v) is 10.7. The Balaban J connectivity index is 1.63. The van der Waals surface area contributed by atoms with Crippen molar-refractivity contribution in [2.75, 3.05) is 17.2 Å². The summed E-state index contributed by atoms with van der Waals surface area (Å²) in [6, 6.07) is 6.93. The standard InChI is InChI=1S/C22H26N4O4S/c1-5-29-14-15-12-26-13-16(31-20(26)23-15)10-11-19(27)24-17-8-6-7-9-18(17)25-21(28)30-22(2,3)4/h6-13H,5,14H2,1-4H3,(H,24,27)(H,25,28). The van der Waals surface area contributed by atoms with Gasteiger partial charge in [-0.25, -0.2) is 9.78 Å². The van der Waals surface area contributed by atoms with E-state index in [-0.39, 0.29) is 5.91 Å². The lowest BCUT2D eigenvalue weighted by atomic mass is 10.2. The Morgan fingerprint density at radius 2 is 1.87 bits per heavy atom. The van der Waals surface area contributed by atoms with Crippen LogP contribution in [0.4, 0.5) is 16.2 Å². The molecule has 0 saturated heterocycles. The van der Waals surface area contributed by atoms with Crippen LogP contribution in [0.15, 0.2) is 42.7 Å². The highest BCUT2D eigenvalue weighted by Gasteiger charge is 2.17. The number of anilines is 2. The van der Waals surface area contributed by atoms with Gasteiger partial charge in [-0.15, -0.1) is 0 Å². The lowest BCUT2D eigenvalue weighted by Gasteiger charge is -2.20. The number of fused-ring (bicyclic) bond motifs is 1. The lowest BCUT2D eigenvalue weighted by Crippen LogP contribution is -2.27. The van der Waals surface area contributed by atoms with E-state index in [9.17, 15) is 9.59 Å². The Hall–Kier alpha value is -3.17. The van der Waals surface area contributed by atoms with Gasteiger partial charge in [0.1, 0.15) is 5.60 Å². The lowest BCUT2D eigenvalue weighted by molar-refractivity contribution is -0.111. The first-order chi connectivity index (χ1) is 14.7. The second kappa shape index (κ2) is 9.76. The number of ether oxygens (including phenoxy) is 2. The number of hydrogen-bond acceptors (Lipinski definition) is 6. The van der Waals surface area contributed by atoms with E-state index in [0.717, 1.165) is 15.5 Å². The van der Waals surface area contributed by atoms with Gasteiger partial charge in [0.2, 0.25) is 5.91 Å². The maximum atomic E-state index is 12.4. The van der Waals surface area contributed by atoms with Gasteiger partial charge in [0.25, 0.3) is 0 Å². The molecule has 0 atom stereocenters. The third-order valence-corrected chi connectivity index (χ3v) is 4.86. The molecule has 0 aliphatic heterocycles. The number of aromatic nitrogens is 2. The molecule has 2 amide bonds. The number of hydrogen-bond donors (Lipinski definition) is 2. The fourth-order valence-electron chi connectivity index (χ4n) is 2.66. The van der Waals surface area contributed by atoms with E-state index in [1.54, 1.807) is 51.1 Å². The Morgan fingerprint density at radius 1 is 1.16 bits per heavy atom. The Kier molecular flexibility index (Phi) is 7.09. The summed E-state index contributed by atoms with van der Waals surface area (Å²) in [6.45, 7) is 8.42. The normalized spacial score (nSPS) is 11.7. The molecule has 3 rings (SSSR count). The molecule has 0 unspecified atom stereocenters. The molecule has 2 aromatic heterocycles.